The average Bonchev–Trinajstić information content (AvgIpc) is 3.59. The van der Waals surface area contributed by atoms with Crippen LogP contribution in [0.15, 0.2) is 35.4 Å². The molecule has 0 spiro atoms. The lowest BCUT2D eigenvalue weighted by atomic mass is 9.97. The molecule has 184 valence electrons. The van der Waals surface area contributed by atoms with Crippen LogP contribution in [0.1, 0.15) is 31.2 Å². The Morgan fingerprint density at radius 3 is 2.74 bits per heavy atom. The van der Waals surface area contributed by atoms with Crippen LogP contribution in [0.25, 0.3) is 10.3 Å². The van der Waals surface area contributed by atoms with Crippen molar-refractivity contribution in [3.05, 3.63) is 46.5 Å². The zero-order chi connectivity index (χ0) is 24.4. The van der Waals surface area contributed by atoms with Crippen LogP contribution in [-0.4, -0.2) is 52.6 Å². The van der Waals surface area contributed by atoms with Gasteiger partial charge in [-0.1, -0.05) is 23.5 Å². The fourth-order valence-corrected chi connectivity index (χ4v) is 5.15. The number of benzene rings is 1. The van der Waals surface area contributed by atoms with E-state index >= 15 is 0 Å². The number of anilines is 1. The van der Waals surface area contributed by atoms with Crippen LogP contribution in [0.3, 0.4) is 0 Å². The van der Waals surface area contributed by atoms with Crippen LogP contribution in [0.4, 0.5) is 5.13 Å². The molecule has 2 fully saturated rings. The van der Waals surface area contributed by atoms with E-state index < -0.39 is 0 Å². The van der Waals surface area contributed by atoms with E-state index in [2.05, 4.69) is 25.5 Å². The van der Waals surface area contributed by atoms with Gasteiger partial charge in [-0.2, -0.15) is 4.98 Å². The molecule has 1 aliphatic heterocycles. The SMILES string of the molecule is COc1ccc(CNC(=O)Cn2cnc3nc(N4CCC[C@H](C(=O)NC5CC5)C4)sc3c2=O)cc1. The van der Waals surface area contributed by atoms with Crippen molar-refractivity contribution < 1.29 is 14.3 Å². The zero-order valence-electron chi connectivity index (χ0n) is 19.5. The Labute approximate surface area is 206 Å². The van der Waals surface area contributed by atoms with E-state index in [0.717, 1.165) is 43.5 Å². The lowest BCUT2D eigenvalue weighted by molar-refractivity contribution is -0.125. The number of hydrogen-bond acceptors (Lipinski definition) is 8. The number of nitrogens with zero attached hydrogens (tertiary/aromatic N) is 4. The molecule has 1 aliphatic carbocycles. The van der Waals surface area contributed by atoms with E-state index in [1.165, 1.54) is 22.2 Å². The number of carbonyl (C=O) groups is 2. The first kappa shape index (κ1) is 23.3. The third-order valence-electron chi connectivity index (χ3n) is 6.32. The molecule has 2 amide bonds. The van der Waals surface area contributed by atoms with E-state index in [0.29, 0.717) is 34.6 Å². The number of fused-ring (bicyclic) bond motifs is 1. The maximum absolute atomic E-state index is 13.0. The number of rotatable bonds is 8. The van der Waals surface area contributed by atoms with E-state index in [-0.39, 0.29) is 29.8 Å². The van der Waals surface area contributed by atoms with Gasteiger partial charge in [0, 0.05) is 25.7 Å². The fourth-order valence-electron chi connectivity index (χ4n) is 4.15. The molecule has 5 rings (SSSR count). The Balaban J connectivity index is 1.23. The van der Waals surface area contributed by atoms with Gasteiger partial charge in [0.2, 0.25) is 11.8 Å². The second-order valence-electron chi connectivity index (χ2n) is 9.02. The molecule has 1 saturated carbocycles. The molecular weight excluding hydrogens is 468 g/mol. The van der Waals surface area contributed by atoms with Crippen molar-refractivity contribution in [2.45, 2.75) is 44.8 Å². The number of aromatic nitrogens is 3. The predicted octanol–water partition coefficient (Wildman–Crippen LogP) is 1.67. The van der Waals surface area contributed by atoms with Gasteiger partial charge in [0.1, 0.15) is 23.3 Å². The summed E-state index contributed by atoms with van der Waals surface area (Å²) >= 11 is 1.27. The summed E-state index contributed by atoms with van der Waals surface area (Å²) in [5, 5.41) is 6.61. The lowest BCUT2D eigenvalue weighted by Crippen LogP contribution is -2.43. The summed E-state index contributed by atoms with van der Waals surface area (Å²) < 4.78 is 6.85. The van der Waals surface area contributed by atoms with E-state index in [4.69, 9.17) is 4.74 Å². The van der Waals surface area contributed by atoms with Gasteiger partial charge in [-0.05, 0) is 43.4 Å². The van der Waals surface area contributed by atoms with Gasteiger partial charge in [-0.25, -0.2) is 4.98 Å². The summed E-state index contributed by atoms with van der Waals surface area (Å²) in [7, 11) is 1.60. The molecule has 0 radical (unpaired) electrons. The molecule has 1 aromatic carbocycles. The van der Waals surface area contributed by atoms with Gasteiger partial charge in [-0.15, -0.1) is 0 Å². The normalized spacial score (nSPS) is 17.9. The average molecular weight is 497 g/mol. The minimum atomic E-state index is -0.293. The molecule has 2 aliphatic rings. The van der Waals surface area contributed by atoms with Crippen LogP contribution >= 0.6 is 11.3 Å². The third-order valence-corrected chi connectivity index (χ3v) is 7.41. The molecule has 0 bridgehead atoms. The molecular formula is C24H28N6O4S. The third kappa shape index (κ3) is 5.45. The number of ether oxygens (including phenoxy) is 1. The van der Waals surface area contributed by atoms with E-state index in [1.807, 2.05) is 24.3 Å². The highest BCUT2D eigenvalue weighted by Gasteiger charge is 2.31. The van der Waals surface area contributed by atoms with Crippen molar-refractivity contribution in [2.24, 2.45) is 5.92 Å². The summed E-state index contributed by atoms with van der Waals surface area (Å²) in [5.41, 5.74) is 1.01. The first-order valence-electron chi connectivity index (χ1n) is 11.8. The molecule has 3 aromatic rings. The standard InChI is InChI=1S/C24H28N6O4S/c1-34-18-8-4-15(5-9-18)11-25-19(31)13-30-14-26-21-20(23(30)33)35-24(28-21)29-10-2-3-16(12-29)22(32)27-17-6-7-17/h4-5,8-9,14,16-17H,2-3,6-7,10-13H2,1H3,(H,25,31)(H,27,32)/t16-/m0/s1. The van der Waals surface area contributed by atoms with Crippen molar-refractivity contribution in [3.8, 4) is 5.75 Å². The van der Waals surface area contributed by atoms with Crippen molar-refractivity contribution in [1.82, 2.24) is 25.2 Å². The molecule has 1 atom stereocenters. The van der Waals surface area contributed by atoms with Gasteiger partial charge in [0.25, 0.3) is 5.56 Å². The largest absolute Gasteiger partial charge is 0.497 e. The maximum atomic E-state index is 13.0. The van der Waals surface area contributed by atoms with Crippen LogP contribution in [0.5, 0.6) is 5.75 Å². The highest BCUT2D eigenvalue weighted by Crippen LogP contribution is 2.30. The van der Waals surface area contributed by atoms with Crippen molar-refractivity contribution in [3.63, 3.8) is 0 Å². The minimum Gasteiger partial charge on any atom is -0.497 e. The monoisotopic (exact) mass is 496 g/mol. The van der Waals surface area contributed by atoms with Crippen LogP contribution in [0, 0.1) is 5.92 Å². The van der Waals surface area contributed by atoms with Crippen molar-refractivity contribution in [2.75, 3.05) is 25.1 Å². The molecule has 3 heterocycles. The summed E-state index contributed by atoms with van der Waals surface area (Å²) in [6, 6.07) is 7.75. The Kier molecular flexibility index (Phi) is 6.67. The van der Waals surface area contributed by atoms with Gasteiger partial charge in [-0.3, -0.25) is 19.0 Å². The van der Waals surface area contributed by atoms with Gasteiger partial charge >= 0.3 is 0 Å². The first-order valence-corrected chi connectivity index (χ1v) is 12.6. The molecule has 0 unspecified atom stereocenters. The molecule has 10 nitrogen and oxygen atoms in total. The Hall–Kier alpha value is -3.47. The molecule has 2 N–H and O–H groups in total. The summed E-state index contributed by atoms with van der Waals surface area (Å²) in [4.78, 5) is 48.9. The van der Waals surface area contributed by atoms with Crippen LogP contribution in [-0.2, 0) is 22.7 Å². The number of hydrogen-bond donors (Lipinski definition) is 2. The Morgan fingerprint density at radius 2 is 2.00 bits per heavy atom. The number of methoxy groups -OCH3 is 1. The second-order valence-corrected chi connectivity index (χ2v) is 10.00. The Bertz CT molecular complexity index is 1280. The molecule has 11 heteroatoms. The van der Waals surface area contributed by atoms with Gasteiger partial charge < -0.3 is 20.3 Å². The second kappa shape index (κ2) is 10.0. The van der Waals surface area contributed by atoms with Crippen LogP contribution in [0.2, 0.25) is 0 Å². The fraction of sp³-hybridized carbons (Fsp3) is 0.458. The minimum absolute atomic E-state index is 0.0737. The van der Waals surface area contributed by atoms with Crippen molar-refractivity contribution >= 4 is 38.6 Å². The molecule has 1 saturated heterocycles. The van der Waals surface area contributed by atoms with Gasteiger partial charge in [0.05, 0.1) is 13.0 Å². The number of nitrogens with one attached hydrogen (secondary N) is 2. The highest BCUT2D eigenvalue weighted by atomic mass is 32.1. The maximum Gasteiger partial charge on any atom is 0.273 e. The molecule has 2 aromatic heterocycles. The summed E-state index contributed by atoms with van der Waals surface area (Å²) in [6.07, 6.45) is 5.25. The summed E-state index contributed by atoms with van der Waals surface area (Å²) in [5.74, 6) is 0.501. The smallest absolute Gasteiger partial charge is 0.273 e. The number of amides is 2. The molecule has 35 heavy (non-hydrogen) atoms. The topological polar surface area (TPSA) is 118 Å². The first-order chi connectivity index (χ1) is 17.0. The van der Waals surface area contributed by atoms with Crippen LogP contribution < -0.4 is 25.8 Å². The van der Waals surface area contributed by atoms with Gasteiger partial charge in [0.15, 0.2) is 10.8 Å². The summed E-state index contributed by atoms with van der Waals surface area (Å²) in [6.45, 7) is 1.59. The quantitative estimate of drug-likeness (QED) is 0.487. The Morgan fingerprint density at radius 1 is 1.20 bits per heavy atom. The number of carbonyl (C=O) groups excluding carboxylic acids is 2. The highest BCUT2D eigenvalue weighted by molar-refractivity contribution is 7.22. The zero-order valence-corrected chi connectivity index (χ0v) is 20.3. The lowest BCUT2D eigenvalue weighted by Gasteiger charge is -2.31. The van der Waals surface area contributed by atoms with E-state index in [9.17, 15) is 14.4 Å². The van der Waals surface area contributed by atoms with Crippen molar-refractivity contribution in [1.29, 1.82) is 0 Å². The number of thiazole rings is 1. The van der Waals surface area contributed by atoms with E-state index in [1.54, 1.807) is 7.11 Å². The number of piperidine rings is 1. The predicted molar refractivity (Wildman–Crippen MR) is 133 cm³/mol.